The lowest BCUT2D eigenvalue weighted by atomic mass is 10.2. The van der Waals surface area contributed by atoms with Crippen LogP contribution >= 0.6 is 11.6 Å². The molecular formula is C20H28ClN3O3. The van der Waals surface area contributed by atoms with Gasteiger partial charge in [0.2, 0.25) is 5.90 Å². The van der Waals surface area contributed by atoms with Gasteiger partial charge in [-0.05, 0) is 49.7 Å². The van der Waals surface area contributed by atoms with Crippen LogP contribution in [0.1, 0.15) is 38.8 Å². The van der Waals surface area contributed by atoms with E-state index in [9.17, 15) is 4.79 Å². The molecule has 0 unspecified atom stereocenters. The number of nitrogens with one attached hydrogen (secondary N) is 1. The molecule has 0 amide bonds. The van der Waals surface area contributed by atoms with Crippen molar-refractivity contribution in [3.05, 3.63) is 58.6 Å². The Balaban J connectivity index is 0.000000519. The largest absolute Gasteiger partial charge is 0.489 e. The third kappa shape index (κ3) is 9.63. The third-order valence-corrected chi connectivity index (χ3v) is 3.23. The first-order valence-corrected chi connectivity index (χ1v) is 8.95. The van der Waals surface area contributed by atoms with Gasteiger partial charge in [0.1, 0.15) is 5.75 Å². The fourth-order valence-electron chi connectivity index (χ4n) is 1.76. The van der Waals surface area contributed by atoms with Gasteiger partial charge in [-0.15, -0.1) is 0 Å². The second-order valence-electron chi connectivity index (χ2n) is 5.30. The monoisotopic (exact) mass is 393 g/mol. The lowest BCUT2D eigenvalue weighted by Gasteiger charge is -2.11. The van der Waals surface area contributed by atoms with Gasteiger partial charge < -0.3 is 20.9 Å². The summed E-state index contributed by atoms with van der Waals surface area (Å²) in [5.74, 6) is 0.298. The topological polar surface area (TPSA) is 111 Å². The van der Waals surface area contributed by atoms with Gasteiger partial charge in [0, 0.05) is 17.8 Å². The number of hydrogen-bond donors (Lipinski definition) is 3. The van der Waals surface area contributed by atoms with Crippen LogP contribution in [0.3, 0.4) is 0 Å². The molecule has 0 bridgehead atoms. The molecule has 0 fully saturated rings. The van der Waals surface area contributed by atoms with E-state index in [0.29, 0.717) is 22.9 Å². The molecule has 2 rings (SSSR count). The summed E-state index contributed by atoms with van der Waals surface area (Å²) >= 11 is 5.95. The van der Waals surface area contributed by atoms with Gasteiger partial charge in [0.05, 0.1) is 11.1 Å². The van der Waals surface area contributed by atoms with E-state index in [4.69, 9.17) is 33.2 Å². The maximum atomic E-state index is 10.1. The summed E-state index contributed by atoms with van der Waals surface area (Å²) in [7, 11) is 0. The minimum atomic E-state index is -0.243. The SMILES string of the molecule is CC.CC(C)Oc1ccc(C(=N)OC=O)cc1Cl.NCc1ccc(N)cc1. The van der Waals surface area contributed by atoms with Crippen LogP contribution in [0.15, 0.2) is 42.5 Å². The van der Waals surface area contributed by atoms with Crippen LogP contribution < -0.4 is 16.2 Å². The van der Waals surface area contributed by atoms with Crippen molar-refractivity contribution < 1.29 is 14.3 Å². The Kier molecular flexibility index (Phi) is 12.3. The Labute approximate surface area is 165 Å². The molecule has 0 saturated carbocycles. The van der Waals surface area contributed by atoms with Crippen LogP contribution in [0.25, 0.3) is 0 Å². The molecule has 2 aromatic carbocycles. The van der Waals surface area contributed by atoms with Crippen LogP contribution in [-0.4, -0.2) is 18.5 Å². The fraction of sp³-hybridized carbons (Fsp3) is 0.300. The molecule has 0 aliphatic rings. The molecule has 148 valence electrons. The van der Waals surface area contributed by atoms with Gasteiger partial charge in [0.25, 0.3) is 6.47 Å². The number of anilines is 1. The standard InChI is InChI=1S/C11H12ClNO3.C7H10N2.C2H6/c1-7(2)16-10-4-3-8(5-9(10)12)11(13)15-6-14;8-5-6-1-3-7(9)4-2-6;1-2/h3-7,13H,1-2H3;1-4H,5,8-9H2;1-2H3. The van der Waals surface area contributed by atoms with Gasteiger partial charge in [-0.3, -0.25) is 10.2 Å². The minimum absolute atomic E-state index is 0.0222. The van der Waals surface area contributed by atoms with Crippen molar-refractivity contribution >= 4 is 29.7 Å². The van der Waals surface area contributed by atoms with Crippen molar-refractivity contribution in [2.75, 3.05) is 5.73 Å². The summed E-state index contributed by atoms with van der Waals surface area (Å²) in [6, 6.07) is 12.3. The third-order valence-electron chi connectivity index (χ3n) is 2.94. The molecular weight excluding hydrogens is 366 g/mol. The number of nitrogen functional groups attached to an aromatic ring is 1. The lowest BCUT2D eigenvalue weighted by molar-refractivity contribution is -0.121. The van der Waals surface area contributed by atoms with Gasteiger partial charge in [-0.1, -0.05) is 37.6 Å². The zero-order valence-electron chi connectivity index (χ0n) is 16.2. The van der Waals surface area contributed by atoms with Crippen molar-refractivity contribution in [1.29, 1.82) is 5.41 Å². The van der Waals surface area contributed by atoms with Gasteiger partial charge >= 0.3 is 0 Å². The molecule has 0 heterocycles. The van der Waals surface area contributed by atoms with Crippen molar-refractivity contribution in [3.63, 3.8) is 0 Å². The molecule has 6 nitrogen and oxygen atoms in total. The molecule has 0 saturated heterocycles. The summed E-state index contributed by atoms with van der Waals surface area (Å²) < 4.78 is 9.83. The first kappa shape index (κ1) is 24.4. The zero-order valence-corrected chi connectivity index (χ0v) is 16.9. The van der Waals surface area contributed by atoms with E-state index in [2.05, 4.69) is 4.74 Å². The fourth-order valence-corrected chi connectivity index (χ4v) is 1.99. The average Bonchev–Trinajstić information content (AvgIpc) is 2.66. The average molecular weight is 394 g/mol. The number of hydrogen-bond acceptors (Lipinski definition) is 6. The second-order valence-corrected chi connectivity index (χ2v) is 5.71. The van der Waals surface area contributed by atoms with E-state index >= 15 is 0 Å². The van der Waals surface area contributed by atoms with Crippen LogP contribution in [0.5, 0.6) is 5.75 Å². The van der Waals surface area contributed by atoms with Gasteiger partial charge in [-0.2, -0.15) is 0 Å². The normalized spacial score (nSPS) is 9.30. The van der Waals surface area contributed by atoms with Gasteiger partial charge in [-0.25, -0.2) is 0 Å². The van der Waals surface area contributed by atoms with Crippen molar-refractivity contribution in [2.24, 2.45) is 5.73 Å². The van der Waals surface area contributed by atoms with E-state index < -0.39 is 0 Å². The zero-order chi connectivity index (χ0) is 20.8. The molecule has 0 radical (unpaired) electrons. The molecule has 0 aromatic heterocycles. The Bertz CT molecular complexity index is 704. The molecule has 0 spiro atoms. The number of carbonyl (C=O) groups is 1. The molecule has 27 heavy (non-hydrogen) atoms. The number of nitrogens with two attached hydrogens (primary N) is 2. The number of halogens is 1. The summed E-state index contributed by atoms with van der Waals surface area (Å²) in [5.41, 5.74) is 13.1. The molecule has 0 atom stereocenters. The van der Waals surface area contributed by atoms with E-state index in [-0.39, 0.29) is 18.5 Å². The minimum Gasteiger partial charge on any atom is -0.489 e. The summed E-state index contributed by atoms with van der Waals surface area (Å²) in [6.45, 7) is 8.57. The molecule has 2 aromatic rings. The smallest absolute Gasteiger partial charge is 0.299 e. The number of rotatable bonds is 5. The predicted octanol–water partition coefficient (Wildman–Crippen LogP) is 4.38. The second kappa shape index (κ2) is 13.6. The first-order valence-electron chi connectivity index (χ1n) is 8.57. The molecule has 5 N–H and O–H groups in total. The lowest BCUT2D eigenvalue weighted by Crippen LogP contribution is -2.07. The Morgan fingerprint density at radius 2 is 1.78 bits per heavy atom. The highest BCUT2D eigenvalue weighted by molar-refractivity contribution is 6.32. The Hall–Kier alpha value is -2.57. The Morgan fingerprint density at radius 3 is 2.22 bits per heavy atom. The van der Waals surface area contributed by atoms with Crippen LogP contribution in [0, 0.1) is 5.41 Å². The summed E-state index contributed by atoms with van der Waals surface area (Å²) in [6.07, 6.45) is 0.0222. The Morgan fingerprint density at radius 1 is 1.19 bits per heavy atom. The van der Waals surface area contributed by atoms with Crippen molar-refractivity contribution in [2.45, 2.75) is 40.3 Å². The summed E-state index contributed by atoms with van der Waals surface area (Å²) in [4.78, 5) is 10.1. The van der Waals surface area contributed by atoms with Crippen LogP contribution in [-0.2, 0) is 16.1 Å². The maximum absolute atomic E-state index is 10.1. The van der Waals surface area contributed by atoms with Crippen molar-refractivity contribution in [3.8, 4) is 5.75 Å². The van der Waals surface area contributed by atoms with Gasteiger partial charge in [0.15, 0.2) is 0 Å². The highest BCUT2D eigenvalue weighted by Gasteiger charge is 2.08. The summed E-state index contributed by atoms with van der Waals surface area (Å²) in [5, 5.41) is 7.77. The van der Waals surface area contributed by atoms with Crippen LogP contribution in [0.2, 0.25) is 5.02 Å². The van der Waals surface area contributed by atoms with Crippen LogP contribution in [0.4, 0.5) is 5.69 Å². The highest BCUT2D eigenvalue weighted by Crippen LogP contribution is 2.26. The number of carbonyl (C=O) groups excluding carboxylic acids is 1. The quantitative estimate of drug-likeness (QED) is 0.302. The van der Waals surface area contributed by atoms with E-state index in [1.807, 2.05) is 52.0 Å². The highest BCUT2D eigenvalue weighted by atomic mass is 35.5. The molecule has 0 aliphatic heterocycles. The first-order chi connectivity index (χ1) is 12.9. The number of ether oxygens (including phenoxy) is 2. The van der Waals surface area contributed by atoms with E-state index in [1.165, 1.54) is 6.07 Å². The van der Waals surface area contributed by atoms with E-state index in [1.54, 1.807) is 12.1 Å². The van der Waals surface area contributed by atoms with Crippen molar-refractivity contribution in [1.82, 2.24) is 0 Å². The maximum Gasteiger partial charge on any atom is 0.299 e. The number of benzene rings is 2. The van der Waals surface area contributed by atoms with E-state index in [0.717, 1.165) is 11.3 Å². The predicted molar refractivity (Wildman–Crippen MR) is 111 cm³/mol. The molecule has 0 aliphatic carbocycles. The molecule has 7 heteroatoms.